The second-order valence-corrected chi connectivity index (χ2v) is 6.92. The number of nitrogens with zero attached hydrogens (tertiary/aromatic N) is 1. The molecule has 0 aliphatic carbocycles. The molecule has 146 valence electrons. The van der Waals surface area contributed by atoms with E-state index in [1.807, 2.05) is 17.5 Å². The van der Waals surface area contributed by atoms with Crippen LogP contribution in [0.2, 0.25) is 0 Å². The summed E-state index contributed by atoms with van der Waals surface area (Å²) in [4.78, 5) is 43.6. The van der Waals surface area contributed by atoms with Crippen molar-refractivity contribution in [1.29, 1.82) is 0 Å². The van der Waals surface area contributed by atoms with E-state index < -0.39 is 12.0 Å². The van der Waals surface area contributed by atoms with Gasteiger partial charge in [-0.1, -0.05) is 18.2 Å². The van der Waals surface area contributed by atoms with Crippen LogP contribution in [0.4, 0.5) is 0 Å². The summed E-state index contributed by atoms with van der Waals surface area (Å²) in [6.07, 6.45) is 0.0301. The standard InChI is InChI=1S/C19H19N3O5S/c1-26-18(24)9-14(15-7-4-8-28-15)21-17(23)11-27-10-16-20-13-6-3-2-5-12(13)19(25)22-16/h2-8,14H,9-11H2,1H3,(H,21,23)(H,20,22,25)/t14-/m1/s1. The number of benzene rings is 1. The molecule has 3 aromatic rings. The fourth-order valence-electron chi connectivity index (χ4n) is 2.64. The molecule has 8 nitrogen and oxygen atoms in total. The molecule has 0 saturated heterocycles. The first-order valence-electron chi connectivity index (χ1n) is 8.52. The van der Waals surface area contributed by atoms with E-state index in [-0.39, 0.29) is 31.1 Å². The maximum Gasteiger partial charge on any atom is 0.307 e. The number of hydrogen-bond donors (Lipinski definition) is 2. The summed E-state index contributed by atoms with van der Waals surface area (Å²) in [5.74, 6) is -0.469. The van der Waals surface area contributed by atoms with Gasteiger partial charge >= 0.3 is 5.97 Å². The number of thiophene rings is 1. The van der Waals surface area contributed by atoms with Crippen LogP contribution in [-0.2, 0) is 25.7 Å². The summed E-state index contributed by atoms with van der Waals surface area (Å²) in [5.41, 5.74) is 0.301. The number of aromatic nitrogens is 2. The molecule has 28 heavy (non-hydrogen) atoms. The van der Waals surface area contributed by atoms with Crippen LogP contribution >= 0.6 is 11.3 Å². The molecule has 0 aliphatic rings. The minimum atomic E-state index is -0.484. The van der Waals surface area contributed by atoms with E-state index in [9.17, 15) is 14.4 Å². The van der Waals surface area contributed by atoms with Crippen LogP contribution in [0.3, 0.4) is 0 Å². The van der Waals surface area contributed by atoms with E-state index in [1.54, 1.807) is 24.3 Å². The highest BCUT2D eigenvalue weighted by Crippen LogP contribution is 2.22. The Morgan fingerprint density at radius 3 is 2.82 bits per heavy atom. The molecule has 0 fully saturated rings. The maximum absolute atomic E-state index is 12.2. The number of rotatable bonds is 8. The van der Waals surface area contributed by atoms with E-state index in [0.717, 1.165) is 4.88 Å². The minimum Gasteiger partial charge on any atom is -0.469 e. The van der Waals surface area contributed by atoms with E-state index in [4.69, 9.17) is 4.74 Å². The Balaban J connectivity index is 1.57. The van der Waals surface area contributed by atoms with Crippen molar-refractivity contribution < 1.29 is 19.1 Å². The zero-order valence-corrected chi connectivity index (χ0v) is 16.0. The smallest absolute Gasteiger partial charge is 0.307 e. The number of carbonyl (C=O) groups excluding carboxylic acids is 2. The minimum absolute atomic E-state index is 0.0197. The Labute approximate surface area is 164 Å². The van der Waals surface area contributed by atoms with E-state index in [2.05, 4.69) is 20.0 Å². The largest absolute Gasteiger partial charge is 0.469 e. The SMILES string of the molecule is COC(=O)C[C@@H](NC(=O)COCc1nc2ccccc2c(=O)[nH]1)c1cccs1. The topological polar surface area (TPSA) is 110 Å². The molecule has 1 amide bonds. The molecular weight excluding hydrogens is 382 g/mol. The van der Waals surface area contributed by atoms with Crippen molar-refractivity contribution in [2.45, 2.75) is 19.1 Å². The number of aromatic amines is 1. The van der Waals surface area contributed by atoms with Gasteiger partial charge in [0.15, 0.2) is 0 Å². The molecule has 0 unspecified atom stereocenters. The van der Waals surface area contributed by atoms with Gasteiger partial charge in [0.05, 0.1) is 30.5 Å². The monoisotopic (exact) mass is 401 g/mol. The average Bonchev–Trinajstić information content (AvgIpc) is 3.22. The molecule has 9 heteroatoms. The second-order valence-electron chi connectivity index (χ2n) is 5.94. The molecule has 0 saturated carbocycles. The number of esters is 1. The zero-order chi connectivity index (χ0) is 19.9. The van der Waals surface area contributed by atoms with Gasteiger partial charge in [0.1, 0.15) is 19.0 Å². The molecule has 0 radical (unpaired) electrons. The van der Waals surface area contributed by atoms with Crippen molar-refractivity contribution in [2.24, 2.45) is 0 Å². The van der Waals surface area contributed by atoms with E-state index in [0.29, 0.717) is 16.7 Å². The van der Waals surface area contributed by atoms with Crippen molar-refractivity contribution in [3.63, 3.8) is 0 Å². The Kier molecular flexibility index (Phi) is 6.51. The summed E-state index contributed by atoms with van der Waals surface area (Å²) in [5, 5.41) is 5.12. The fraction of sp³-hybridized carbons (Fsp3) is 0.263. The number of para-hydroxylation sites is 1. The van der Waals surface area contributed by atoms with Gasteiger partial charge in [-0.3, -0.25) is 14.4 Å². The fourth-order valence-corrected chi connectivity index (χ4v) is 3.42. The van der Waals surface area contributed by atoms with Crippen molar-refractivity contribution in [3.05, 3.63) is 62.8 Å². The highest BCUT2D eigenvalue weighted by atomic mass is 32.1. The lowest BCUT2D eigenvalue weighted by molar-refractivity contribution is -0.141. The lowest BCUT2D eigenvalue weighted by Gasteiger charge is -2.16. The number of ether oxygens (including phenoxy) is 2. The summed E-state index contributed by atoms with van der Waals surface area (Å²) < 4.78 is 10.1. The van der Waals surface area contributed by atoms with Crippen molar-refractivity contribution in [2.75, 3.05) is 13.7 Å². The third kappa shape index (κ3) is 5.02. The summed E-state index contributed by atoms with van der Waals surface area (Å²) in [6.45, 7) is -0.256. The number of H-pyrrole nitrogens is 1. The molecule has 2 heterocycles. The van der Waals surface area contributed by atoms with Crippen LogP contribution in [0.15, 0.2) is 46.6 Å². The number of methoxy groups -OCH3 is 1. The number of nitrogens with one attached hydrogen (secondary N) is 2. The molecule has 2 aromatic heterocycles. The van der Waals surface area contributed by atoms with Crippen molar-refractivity contribution in [1.82, 2.24) is 15.3 Å². The first-order chi connectivity index (χ1) is 13.6. The third-order valence-corrected chi connectivity index (χ3v) is 4.94. The number of carbonyl (C=O) groups is 2. The molecular formula is C19H19N3O5S. The Morgan fingerprint density at radius 1 is 1.25 bits per heavy atom. The van der Waals surface area contributed by atoms with Crippen LogP contribution in [0.1, 0.15) is 23.2 Å². The normalized spacial score (nSPS) is 11.9. The van der Waals surface area contributed by atoms with Gasteiger partial charge in [-0.2, -0.15) is 0 Å². The van der Waals surface area contributed by atoms with Gasteiger partial charge < -0.3 is 19.8 Å². The van der Waals surface area contributed by atoms with Crippen LogP contribution in [0.5, 0.6) is 0 Å². The average molecular weight is 401 g/mol. The molecule has 1 aromatic carbocycles. The lowest BCUT2D eigenvalue weighted by atomic mass is 10.1. The predicted octanol–water partition coefficient (Wildman–Crippen LogP) is 1.92. The Morgan fingerprint density at radius 2 is 2.07 bits per heavy atom. The predicted molar refractivity (Wildman–Crippen MR) is 104 cm³/mol. The van der Waals surface area contributed by atoms with E-state index >= 15 is 0 Å². The molecule has 3 rings (SSSR count). The quantitative estimate of drug-likeness (QED) is 0.558. The van der Waals surface area contributed by atoms with Gasteiger partial charge in [0.2, 0.25) is 5.91 Å². The summed E-state index contributed by atoms with van der Waals surface area (Å²) >= 11 is 1.44. The van der Waals surface area contributed by atoms with Gasteiger partial charge in [-0.15, -0.1) is 11.3 Å². The Bertz CT molecular complexity index is 1020. The third-order valence-electron chi connectivity index (χ3n) is 3.95. The molecule has 2 N–H and O–H groups in total. The zero-order valence-electron chi connectivity index (χ0n) is 15.1. The highest BCUT2D eigenvalue weighted by molar-refractivity contribution is 7.10. The van der Waals surface area contributed by atoms with Crippen LogP contribution < -0.4 is 10.9 Å². The van der Waals surface area contributed by atoms with E-state index in [1.165, 1.54) is 18.4 Å². The Hall–Kier alpha value is -3.04. The highest BCUT2D eigenvalue weighted by Gasteiger charge is 2.20. The van der Waals surface area contributed by atoms with Crippen LogP contribution in [-0.4, -0.2) is 35.6 Å². The van der Waals surface area contributed by atoms with Crippen LogP contribution in [0, 0.1) is 0 Å². The molecule has 0 spiro atoms. The molecule has 0 aliphatic heterocycles. The van der Waals surface area contributed by atoms with Gasteiger partial charge in [-0.25, -0.2) is 4.98 Å². The van der Waals surface area contributed by atoms with Crippen molar-refractivity contribution in [3.8, 4) is 0 Å². The van der Waals surface area contributed by atoms with Crippen LogP contribution in [0.25, 0.3) is 10.9 Å². The van der Waals surface area contributed by atoms with Gasteiger partial charge in [0, 0.05) is 4.88 Å². The van der Waals surface area contributed by atoms with Gasteiger partial charge in [-0.05, 0) is 23.6 Å². The summed E-state index contributed by atoms with van der Waals surface area (Å²) in [7, 11) is 1.30. The number of amides is 1. The number of fused-ring (bicyclic) bond motifs is 1. The molecule has 0 bridgehead atoms. The van der Waals surface area contributed by atoms with Crippen molar-refractivity contribution >= 4 is 34.1 Å². The maximum atomic E-state index is 12.2. The second kappa shape index (κ2) is 9.25. The first kappa shape index (κ1) is 19.7. The number of hydrogen-bond acceptors (Lipinski definition) is 7. The first-order valence-corrected chi connectivity index (χ1v) is 9.40. The lowest BCUT2D eigenvalue weighted by Crippen LogP contribution is -2.33. The summed E-state index contributed by atoms with van der Waals surface area (Å²) in [6, 6.07) is 10.2. The molecule has 1 atom stereocenters. The van der Waals surface area contributed by atoms with Gasteiger partial charge in [0.25, 0.3) is 5.56 Å².